The van der Waals surface area contributed by atoms with Crippen molar-refractivity contribution in [3.05, 3.63) is 86.3 Å². The Labute approximate surface area is 458 Å². The summed E-state index contributed by atoms with van der Waals surface area (Å²) in [5, 5.41) is 13.9. The number of rotatable bonds is 6. The number of aliphatic hydroxyl groups excluding tert-OH is 1. The summed E-state index contributed by atoms with van der Waals surface area (Å²) in [7, 11) is 4.94. The minimum atomic E-state index is -0.759. The number of nitrogens with zero attached hydrogens (tertiary/aromatic N) is 8. The Morgan fingerprint density at radius 1 is 0.671 bits per heavy atom. The first-order chi connectivity index (χ1) is 35.9. The third-order valence-corrected chi connectivity index (χ3v) is 12.5. The number of carbonyl (C=O) groups excluding carboxylic acids is 6. The number of aromatic nitrogens is 6. The molecule has 3 aliphatic rings. The maximum atomic E-state index is 11.8. The lowest BCUT2D eigenvalue weighted by Crippen LogP contribution is -2.43. The van der Waals surface area contributed by atoms with E-state index in [1.807, 2.05) is 50.2 Å². The number of nitrogens with one attached hydrogen (secondary N) is 1. The van der Waals surface area contributed by atoms with Crippen molar-refractivity contribution < 1.29 is 57.6 Å². The number of ether oxygens (including phenoxy) is 5. The molecule has 408 valence electrons. The summed E-state index contributed by atoms with van der Waals surface area (Å²) in [6.45, 7) is 15.4. The third kappa shape index (κ3) is 18.7. The van der Waals surface area contributed by atoms with Gasteiger partial charge in [-0.05, 0) is 103 Å². The monoisotopic (exact) mass is 1130 g/mol. The average molecular weight is 1130 g/mol. The Balaban J connectivity index is 0.000000213. The number of amides is 1. The van der Waals surface area contributed by atoms with E-state index in [1.165, 1.54) is 12.0 Å². The van der Waals surface area contributed by atoms with E-state index >= 15 is 0 Å². The largest absolute Gasteiger partial charge is 0.497 e. The van der Waals surface area contributed by atoms with Gasteiger partial charge in [0.1, 0.15) is 29.6 Å². The summed E-state index contributed by atoms with van der Waals surface area (Å²) in [5.41, 5.74) is 6.25. The van der Waals surface area contributed by atoms with Crippen LogP contribution >= 0.6 is 46.4 Å². The number of benzene rings is 3. The number of aryl methyl sites for hydroxylation is 2. The van der Waals surface area contributed by atoms with Crippen molar-refractivity contribution in [3.63, 3.8) is 0 Å². The second-order valence-electron chi connectivity index (χ2n) is 18.6. The summed E-state index contributed by atoms with van der Waals surface area (Å²) in [6, 6.07) is 17.4. The second-order valence-corrected chi connectivity index (χ2v) is 20.0. The molecule has 0 saturated carbocycles. The van der Waals surface area contributed by atoms with E-state index in [0.29, 0.717) is 50.9 Å². The van der Waals surface area contributed by atoms with E-state index in [-0.39, 0.29) is 47.8 Å². The van der Waals surface area contributed by atoms with Gasteiger partial charge in [-0.25, -0.2) is 39.5 Å². The molecule has 3 saturated heterocycles. The number of likely N-dealkylation sites (tertiary alicyclic amines) is 2. The number of carbonyl (C=O) groups is 2. The highest BCUT2D eigenvalue weighted by atomic mass is 35.5. The smallest absolute Gasteiger partial charge is 0.411 e. The molecule has 76 heavy (non-hydrogen) atoms. The van der Waals surface area contributed by atoms with Crippen LogP contribution in [0.3, 0.4) is 0 Å². The summed E-state index contributed by atoms with van der Waals surface area (Å²) >= 11 is 23.8. The van der Waals surface area contributed by atoms with Gasteiger partial charge in [0.2, 0.25) is 0 Å². The fraction of sp³-hybridized carbons (Fsp3) is 0.451. The topological polar surface area (TPSA) is 265 Å². The highest BCUT2D eigenvalue weighted by Gasteiger charge is 2.41. The molecule has 2 unspecified atom stereocenters. The zero-order valence-electron chi connectivity index (χ0n) is 43.4. The number of esters is 1. The number of hydrogen-bond donors (Lipinski definition) is 2. The van der Waals surface area contributed by atoms with E-state index in [1.54, 1.807) is 46.1 Å². The molecule has 3 aliphatic heterocycles. The highest BCUT2D eigenvalue weighted by molar-refractivity contribution is 6.40. The van der Waals surface area contributed by atoms with Crippen LogP contribution in [0.4, 0.5) is 4.79 Å². The molecule has 0 bridgehead atoms. The number of methoxy groups -OCH3 is 2. The number of likely N-dealkylation sites (N-methyl/N-ethyl adjacent to an activating group) is 1. The number of halogens is 4. The predicted molar refractivity (Wildman–Crippen MR) is 282 cm³/mol. The molecule has 1 amide bonds. The standard InChI is InChI=1S/C15H18ClN3O.C14H16ClN3O.C11H19NO5.C9H6Cl2N2O.2CO2/c1-9-4-5-12-13(6-9)18-15(14(16)17-12)20-11-7-10(2)19(3)8-11;1-8-3-4-11-12(5-8)18-14(13(15)17-11)19-10-6-9(2)16-7-10;1-11(2,3)17-10(15)12-6-7(13)5-8(12)9(14)16-4;1-14-5-2-3-6-7(4-5)13-9(11)8(10)12-6;2*2-1-3/h4-6,10-11H,7-8H2,1-3H3;3-5,9-10,16H,6-7H2,1-2H3;7-8,13H,5-6H2,1-4H3;2-4H,1H3;;/t10-,11?;9-,10?;7-,8+;;;/m111.../s1. The van der Waals surface area contributed by atoms with Gasteiger partial charge in [0, 0.05) is 50.5 Å². The van der Waals surface area contributed by atoms with Crippen LogP contribution in [-0.2, 0) is 33.4 Å². The Kier molecular flexibility index (Phi) is 23.9. The van der Waals surface area contributed by atoms with Crippen molar-refractivity contribution >= 4 is 104 Å². The van der Waals surface area contributed by atoms with Crippen LogP contribution in [0.5, 0.6) is 17.5 Å². The van der Waals surface area contributed by atoms with Gasteiger partial charge in [-0.1, -0.05) is 58.5 Å². The summed E-state index contributed by atoms with van der Waals surface area (Å²) in [4.78, 5) is 85.1. The maximum absolute atomic E-state index is 11.8. The van der Waals surface area contributed by atoms with Gasteiger partial charge >= 0.3 is 24.4 Å². The SMILES string of the molecule is COC(=O)[C@@H]1C[C@@H](O)CN1C(=O)OC(C)(C)C.COc1ccc2nc(Cl)c(Cl)nc2c1.Cc1ccc2nc(Cl)c(OC3CN[C@H](C)C3)nc2c1.Cc1ccc2nc(Cl)c(OC3C[C@@H](C)N(C)C3)nc2c1.O=C=O.O=C=O. The molecule has 0 aliphatic carbocycles. The molecule has 0 radical (unpaired) electrons. The van der Waals surface area contributed by atoms with Gasteiger partial charge in [0.05, 0.1) is 60.0 Å². The minimum absolute atomic E-state index is 0.0919. The number of β-amino-alcohol motifs (C(OH)–C–C–N with tert-alkyl or cyclic N) is 1. The Morgan fingerprint density at radius 2 is 1.14 bits per heavy atom. The summed E-state index contributed by atoms with van der Waals surface area (Å²) in [5.74, 6) is 1.05. The minimum Gasteiger partial charge on any atom is -0.497 e. The van der Waals surface area contributed by atoms with Crippen molar-refractivity contribution in [2.75, 3.05) is 40.9 Å². The van der Waals surface area contributed by atoms with E-state index in [0.717, 1.165) is 59.1 Å². The van der Waals surface area contributed by atoms with Gasteiger partial charge < -0.3 is 34.1 Å². The first-order valence-corrected chi connectivity index (χ1v) is 25.0. The molecule has 2 N–H and O–H groups in total. The van der Waals surface area contributed by atoms with Crippen molar-refractivity contribution in [2.24, 2.45) is 0 Å². The van der Waals surface area contributed by atoms with Crippen LogP contribution in [0.1, 0.15) is 65.0 Å². The number of aliphatic hydroxyl groups is 1. The second kappa shape index (κ2) is 29.2. The molecule has 6 heterocycles. The first-order valence-electron chi connectivity index (χ1n) is 23.5. The van der Waals surface area contributed by atoms with E-state index < -0.39 is 29.8 Å². The Hall–Kier alpha value is -6.38. The third-order valence-electron chi connectivity index (χ3n) is 11.4. The molecular formula is C51H59Cl4N9O12. The molecule has 6 atom stereocenters. The van der Waals surface area contributed by atoms with Gasteiger partial charge in [-0.3, -0.25) is 9.80 Å². The van der Waals surface area contributed by atoms with Crippen LogP contribution in [-0.4, -0.2) is 152 Å². The van der Waals surface area contributed by atoms with Gasteiger partial charge in [0.25, 0.3) is 11.8 Å². The van der Waals surface area contributed by atoms with Crippen molar-refractivity contribution in [1.82, 2.24) is 45.0 Å². The molecule has 21 nitrogen and oxygen atoms in total. The van der Waals surface area contributed by atoms with Gasteiger partial charge in [-0.2, -0.15) is 19.2 Å². The quantitative estimate of drug-likeness (QED) is 0.149. The number of hydrogen-bond acceptors (Lipinski definition) is 20. The van der Waals surface area contributed by atoms with E-state index in [4.69, 9.17) is 84.5 Å². The molecular weight excluding hydrogens is 1070 g/mol. The molecule has 3 fully saturated rings. The molecule has 6 aromatic rings. The summed E-state index contributed by atoms with van der Waals surface area (Å²) in [6.07, 6.45) is 1.56. The Morgan fingerprint density at radius 3 is 1.59 bits per heavy atom. The number of fused-ring (bicyclic) bond motifs is 3. The normalized spacial score (nSPS) is 19.5. The van der Waals surface area contributed by atoms with Crippen molar-refractivity contribution in [1.29, 1.82) is 0 Å². The van der Waals surface area contributed by atoms with Crippen molar-refractivity contribution in [3.8, 4) is 17.5 Å². The maximum Gasteiger partial charge on any atom is 0.411 e. The van der Waals surface area contributed by atoms with Gasteiger partial charge in [0.15, 0.2) is 20.6 Å². The van der Waals surface area contributed by atoms with E-state index in [2.05, 4.69) is 65.8 Å². The van der Waals surface area contributed by atoms with Crippen LogP contribution in [0.25, 0.3) is 33.1 Å². The van der Waals surface area contributed by atoms with Crippen LogP contribution in [0, 0.1) is 13.8 Å². The molecule has 9 rings (SSSR count). The van der Waals surface area contributed by atoms with Crippen molar-refractivity contribution in [2.45, 2.75) is 110 Å². The van der Waals surface area contributed by atoms with Crippen LogP contribution in [0.15, 0.2) is 54.6 Å². The summed E-state index contributed by atoms with van der Waals surface area (Å²) < 4.78 is 26.6. The molecule has 3 aromatic carbocycles. The first kappa shape index (κ1) is 62.2. The van der Waals surface area contributed by atoms with E-state index in [9.17, 15) is 14.7 Å². The van der Waals surface area contributed by atoms with Gasteiger partial charge in [-0.15, -0.1) is 0 Å². The molecule has 3 aromatic heterocycles. The highest BCUT2D eigenvalue weighted by Crippen LogP contribution is 2.30. The van der Waals surface area contributed by atoms with Crippen LogP contribution < -0.4 is 19.5 Å². The fourth-order valence-electron chi connectivity index (χ4n) is 7.74. The molecule has 0 spiro atoms. The lowest BCUT2D eigenvalue weighted by Gasteiger charge is -2.27. The fourth-order valence-corrected chi connectivity index (χ4v) is 8.36. The van der Waals surface area contributed by atoms with Crippen LogP contribution in [0.2, 0.25) is 20.6 Å². The lowest BCUT2D eigenvalue weighted by atomic mass is 10.2. The lowest BCUT2D eigenvalue weighted by molar-refractivity contribution is -0.193. The predicted octanol–water partition coefficient (Wildman–Crippen LogP) is 8.09. The zero-order chi connectivity index (χ0) is 56.4. The molecule has 25 heteroatoms. The Bertz CT molecular complexity index is 2990. The average Bonchev–Trinajstić information content (AvgIpc) is 4.06. The zero-order valence-corrected chi connectivity index (χ0v) is 46.5.